The molecule has 4 aromatic rings. The SMILES string of the molecule is Cc1ccc2nc(-c3ccc(N4C(=O)C[C@@H](Sc5cccc(N)c5)C4=O)cc3)sc2c1. The zero-order valence-electron chi connectivity index (χ0n) is 16.7. The van der Waals surface area contributed by atoms with Gasteiger partial charge in [-0.05, 0) is 67.1 Å². The maximum absolute atomic E-state index is 13.0. The van der Waals surface area contributed by atoms with E-state index in [-0.39, 0.29) is 18.2 Å². The number of imide groups is 1. The highest BCUT2D eigenvalue weighted by molar-refractivity contribution is 8.00. The smallest absolute Gasteiger partial charge is 0.247 e. The third kappa shape index (κ3) is 3.82. The number of thioether (sulfide) groups is 1. The number of carbonyl (C=O) groups is 2. The minimum atomic E-state index is -0.443. The Bertz CT molecular complexity index is 1310. The van der Waals surface area contributed by atoms with Crippen LogP contribution in [0.4, 0.5) is 11.4 Å². The third-order valence-electron chi connectivity index (χ3n) is 5.16. The van der Waals surface area contributed by atoms with Crippen molar-refractivity contribution in [2.45, 2.75) is 23.5 Å². The van der Waals surface area contributed by atoms with Crippen LogP contribution in [0.25, 0.3) is 20.8 Å². The Hall–Kier alpha value is -3.16. The van der Waals surface area contributed by atoms with E-state index in [4.69, 9.17) is 10.7 Å². The number of hydrogen-bond acceptors (Lipinski definition) is 6. The molecule has 3 aromatic carbocycles. The van der Waals surface area contributed by atoms with Crippen LogP contribution in [0.3, 0.4) is 0 Å². The van der Waals surface area contributed by atoms with Crippen LogP contribution >= 0.6 is 23.1 Å². The summed E-state index contributed by atoms with van der Waals surface area (Å²) in [5.74, 6) is -0.379. The number of nitrogens with two attached hydrogens (primary N) is 1. The zero-order valence-corrected chi connectivity index (χ0v) is 18.4. The van der Waals surface area contributed by atoms with Crippen molar-refractivity contribution in [2.24, 2.45) is 0 Å². The highest BCUT2D eigenvalue weighted by atomic mass is 32.2. The molecular formula is C24H19N3O2S2. The first-order valence-corrected chi connectivity index (χ1v) is 11.5. The normalized spacial score (nSPS) is 16.4. The number of fused-ring (bicyclic) bond motifs is 1. The molecule has 2 amide bonds. The van der Waals surface area contributed by atoms with Gasteiger partial charge in [-0.1, -0.05) is 12.1 Å². The summed E-state index contributed by atoms with van der Waals surface area (Å²) < 4.78 is 1.14. The first-order valence-electron chi connectivity index (χ1n) is 9.84. The number of rotatable bonds is 4. The number of nitrogens with zero attached hydrogens (tertiary/aromatic N) is 2. The Kier molecular flexibility index (Phi) is 5.00. The monoisotopic (exact) mass is 445 g/mol. The highest BCUT2D eigenvalue weighted by Gasteiger charge is 2.40. The molecule has 0 saturated carbocycles. The Labute approximate surface area is 187 Å². The van der Waals surface area contributed by atoms with Gasteiger partial charge in [-0.3, -0.25) is 9.59 Å². The maximum atomic E-state index is 13.0. The fourth-order valence-electron chi connectivity index (χ4n) is 3.63. The van der Waals surface area contributed by atoms with Crippen molar-refractivity contribution in [1.29, 1.82) is 0 Å². The van der Waals surface area contributed by atoms with Gasteiger partial charge in [0.1, 0.15) is 5.01 Å². The summed E-state index contributed by atoms with van der Waals surface area (Å²) in [6, 6.07) is 21.0. The lowest BCUT2D eigenvalue weighted by Gasteiger charge is -2.15. The number of anilines is 2. The predicted molar refractivity (Wildman–Crippen MR) is 127 cm³/mol. The number of thiazole rings is 1. The van der Waals surface area contributed by atoms with Gasteiger partial charge in [-0.15, -0.1) is 23.1 Å². The van der Waals surface area contributed by atoms with Gasteiger partial charge in [-0.2, -0.15) is 0 Å². The average molecular weight is 446 g/mol. The van der Waals surface area contributed by atoms with Crippen LogP contribution in [0, 0.1) is 6.92 Å². The van der Waals surface area contributed by atoms with Crippen molar-refractivity contribution in [2.75, 3.05) is 10.6 Å². The Morgan fingerprint density at radius 3 is 2.65 bits per heavy atom. The van der Waals surface area contributed by atoms with Gasteiger partial charge < -0.3 is 5.73 Å². The Morgan fingerprint density at radius 2 is 1.87 bits per heavy atom. The van der Waals surface area contributed by atoms with E-state index < -0.39 is 5.25 Å². The quantitative estimate of drug-likeness (QED) is 0.342. The number of benzene rings is 3. The number of carbonyl (C=O) groups excluding carboxylic acids is 2. The topological polar surface area (TPSA) is 76.3 Å². The van der Waals surface area contributed by atoms with Crippen molar-refractivity contribution in [3.05, 3.63) is 72.3 Å². The molecule has 1 aliphatic heterocycles. The number of aryl methyl sites for hydroxylation is 1. The molecule has 0 bridgehead atoms. The molecule has 0 unspecified atom stereocenters. The van der Waals surface area contributed by atoms with Crippen molar-refractivity contribution in [3.8, 4) is 10.6 Å². The van der Waals surface area contributed by atoms with Crippen LogP contribution in [0.15, 0.2) is 71.6 Å². The number of hydrogen-bond donors (Lipinski definition) is 1. The average Bonchev–Trinajstić information content (AvgIpc) is 3.28. The van der Waals surface area contributed by atoms with Crippen LogP contribution in [0.5, 0.6) is 0 Å². The van der Waals surface area contributed by atoms with Crippen LogP contribution < -0.4 is 10.6 Å². The van der Waals surface area contributed by atoms with Gasteiger partial charge in [0.15, 0.2) is 0 Å². The molecule has 5 nitrogen and oxygen atoms in total. The molecule has 1 aromatic heterocycles. The van der Waals surface area contributed by atoms with Crippen LogP contribution in [-0.2, 0) is 9.59 Å². The van der Waals surface area contributed by atoms with E-state index in [1.54, 1.807) is 17.4 Å². The van der Waals surface area contributed by atoms with Gasteiger partial charge in [0, 0.05) is 22.6 Å². The van der Waals surface area contributed by atoms with Crippen molar-refractivity contribution in [3.63, 3.8) is 0 Å². The molecule has 7 heteroatoms. The first-order chi connectivity index (χ1) is 15.0. The molecular weight excluding hydrogens is 426 g/mol. The fourth-order valence-corrected chi connectivity index (χ4v) is 5.82. The maximum Gasteiger partial charge on any atom is 0.247 e. The second kappa shape index (κ2) is 7.83. The van der Waals surface area contributed by atoms with E-state index in [0.717, 1.165) is 25.7 Å². The molecule has 1 aliphatic rings. The zero-order chi connectivity index (χ0) is 21.5. The minimum absolute atomic E-state index is 0.178. The summed E-state index contributed by atoms with van der Waals surface area (Å²) in [6.07, 6.45) is 0.178. The van der Waals surface area contributed by atoms with E-state index in [1.165, 1.54) is 22.2 Å². The molecule has 1 saturated heterocycles. The van der Waals surface area contributed by atoms with Gasteiger partial charge >= 0.3 is 0 Å². The van der Waals surface area contributed by atoms with Crippen LogP contribution in [-0.4, -0.2) is 22.0 Å². The fraction of sp³-hybridized carbons (Fsp3) is 0.125. The summed E-state index contributed by atoms with van der Waals surface area (Å²) in [7, 11) is 0. The second-order valence-electron chi connectivity index (χ2n) is 7.49. The summed E-state index contributed by atoms with van der Waals surface area (Å²) >= 11 is 3.01. The molecule has 0 spiro atoms. The van der Waals surface area contributed by atoms with Gasteiger partial charge in [-0.25, -0.2) is 9.88 Å². The molecule has 2 N–H and O–H groups in total. The highest BCUT2D eigenvalue weighted by Crippen LogP contribution is 2.36. The Morgan fingerprint density at radius 1 is 1.06 bits per heavy atom. The Balaban J connectivity index is 1.37. The predicted octanol–water partition coefficient (Wildman–Crippen LogP) is 5.28. The number of amides is 2. The van der Waals surface area contributed by atoms with Gasteiger partial charge in [0.05, 0.1) is 21.2 Å². The molecule has 31 heavy (non-hydrogen) atoms. The number of aromatic nitrogens is 1. The molecule has 5 rings (SSSR count). The summed E-state index contributed by atoms with van der Waals surface area (Å²) in [5, 5.41) is 0.475. The van der Waals surface area contributed by atoms with Gasteiger partial charge in [0.2, 0.25) is 11.8 Å². The van der Waals surface area contributed by atoms with Crippen LogP contribution in [0.2, 0.25) is 0 Å². The van der Waals surface area contributed by atoms with E-state index in [0.29, 0.717) is 11.4 Å². The van der Waals surface area contributed by atoms with E-state index in [2.05, 4.69) is 19.1 Å². The largest absolute Gasteiger partial charge is 0.399 e. The lowest BCUT2D eigenvalue weighted by molar-refractivity contribution is -0.121. The summed E-state index contributed by atoms with van der Waals surface area (Å²) in [4.78, 5) is 32.4. The molecule has 1 fully saturated rings. The lowest BCUT2D eigenvalue weighted by Crippen LogP contribution is -2.31. The van der Waals surface area contributed by atoms with Crippen molar-refractivity contribution >= 4 is 56.5 Å². The molecule has 1 atom stereocenters. The minimum Gasteiger partial charge on any atom is -0.399 e. The molecule has 2 heterocycles. The second-order valence-corrected chi connectivity index (χ2v) is 9.79. The summed E-state index contributed by atoms with van der Waals surface area (Å²) in [6.45, 7) is 2.07. The molecule has 154 valence electrons. The molecule has 0 aliphatic carbocycles. The first kappa shape index (κ1) is 19.8. The molecule has 0 radical (unpaired) electrons. The lowest BCUT2D eigenvalue weighted by atomic mass is 10.2. The standard InChI is InChI=1S/C24H19N3O2S2/c1-14-5-10-19-20(11-14)31-23(26-19)15-6-8-17(9-7-15)27-22(28)13-21(24(27)29)30-18-4-2-3-16(25)12-18/h2-12,21H,13,25H2,1H3/t21-/m1/s1. The van der Waals surface area contributed by atoms with Crippen molar-refractivity contribution < 1.29 is 9.59 Å². The van der Waals surface area contributed by atoms with Crippen LogP contribution in [0.1, 0.15) is 12.0 Å². The van der Waals surface area contributed by atoms with E-state index in [1.807, 2.05) is 48.5 Å². The third-order valence-corrected chi connectivity index (χ3v) is 7.40. The summed E-state index contributed by atoms with van der Waals surface area (Å²) in [5.41, 5.74) is 10.2. The van der Waals surface area contributed by atoms with Crippen molar-refractivity contribution in [1.82, 2.24) is 4.98 Å². The van der Waals surface area contributed by atoms with E-state index >= 15 is 0 Å². The van der Waals surface area contributed by atoms with Gasteiger partial charge in [0.25, 0.3) is 0 Å². The number of nitrogen functional groups attached to an aromatic ring is 1. The van der Waals surface area contributed by atoms with E-state index in [9.17, 15) is 9.59 Å².